The number of sulfonamides is 1. The molecule has 0 bridgehead atoms. The Labute approximate surface area is 83.7 Å². The number of rotatable bonds is 1. The second-order valence-corrected chi connectivity index (χ2v) is 4.53. The van der Waals surface area contributed by atoms with E-state index in [-0.39, 0.29) is 4.90 Å². The molecule has 0 atom stereocenters. The molecule has 4 nitrogen and oxygen atoms in total. The molecule has 0 unspecified atom stereocenters. The molecule has 5 heteroatoms. The topological polar surface area (TPSA) is 72.7 Å². The number of nitrogens with two attached hydrogens (primary N) is 1. The number of hydrogen-bond donors (Lipinski definition) is 1. The Hall–Kier alpha value is -0.910. The van der Waals surface area contributed by atoms with Gasteiger partial charge >= 0.3 is 0 Å². The Morgan fingerprint density at radius 3 is 1.93 bits per heavy atom. The van der Waals surface area contributed by atoms with Gasteiger partial charge < -0.3 is 4.74 Å². The molecule has 1 aromatic rings. The zero-order chi connectivity index (χ0) is 10.6. The summed E-state index contributed by atoms with van der Waals surface area (Å²) in [5.74, 6) is 0. The number of ether oxygens (including phenoxy) is 1. The van der Waals surface area contributed by atoms with Gasteiger partial charge in [0.05, 0.1) is 18.1 Å². The molecule has 1 fully saturated rings. The van der Waals surface area contributed by atoms with Crippen LogP contribution in [0.15, 0.2) is 29.2 Å². The van der Waals surface area contributed by atoms with Crippen LogP contribution in [0.3, 0.4) is 0 Å². The first-order chi connectivity index (χ1) is 6.50. The third kappa shape index (κ3) is 4.36. The average Bonchev–Trinajstić information content (AvgIpc) is 2.88. The van der Waals surface area contributed by atoms with E-state index in [4.69, 9.17) is 5.14 Å². The number of primary sulfonamides is 1. The summed E-state index contributed by atoms with van der Waals surface area (Å²) in [6.45, 7) is 3.88. The van der Waals surface area contributed by atoms with Crippen molar-refractivity contribution in [3.05, 3.63) is 29.8 Å². The van der Waals surface area contributed by atoms with Crippen LogP contribution in [0.4, 0.5) is 0 Å². The maximum Gasteiger partial charge on any atom is 0.238 e. The lowest BCUT2D eigenvalue weighted by Crippen LogP contribution is -2.11. The van der Waals surface area contributed by atoms with Crippen LogP contribution >= 0.6 is 0 Å². The minimum absolute atomic E-state index is 0.156. The highest BCUT2D eigenvalue weighted by atomic mass is 32.2. The highest BCUT2D eigenvalue weighted by Gasteiger charge is 2.04. The highest BCUT2D eigenvalue weighted by molar-refractivity contribution is 7.89. The van der Waals surface area contributed by atoms with Gasteiger partial charge in [-0.3, -0.25) is 0 Å². The first-order valence-electron chi connectivity index (χ1n) is 4.17. The van der Waals surface area contributed by atoms with Gasteiger partial charge in [-0.15, -0.1) is 0 Å². The summed E-state index contributed by atoms with van der Waals surface area (Å²) < 4.78 is 25.9. The van der Waals surface area contributed by atoms with Crippen molar-refractivity contribution in [1.82, 2.24) is 0 Å². The summed E-state index contributed by atoms with van der Waals surface area (Å²) >= 11 is 0. The molecule has 14 heavy (non-hydrogen) atoms. The van der Waals surface area contributed by atoms with Crippen molar-refractivity contribution in [1.29, 1.82) is 0 Å². The van der Waals surface area contributed by atoms with E-state index in [1.807, 2.05) is 6.92 Å². The van der Waals surface area contributed by atoms with Crippen LogP contribution in [0.1, 0.15) is 5.56 Å². The number of aryl methyl sites for hydroxylation is 1. The van der Waals surface area contributed by atoms with Crippen molar-refractivity contribution < 1.29 is 13.2 Å². The SMILES string of the molecule is C1CO1.Cc1ccc(S(N)(=O)=O)cc1. The quantitative estimate of drug-likeness (QED) is 0.699. The first-order valence-corrected chi connectivity index (χ1v) is 5.72. The van der Waals surface area contributed by atoms with Crippen molar-refractivity contribution in [3.8, 4) is 0 Å². The van der Waals surface area contributed by atoms with Gasteiger partial charge in [0.2, 0.25) is 10.0 Å². The van der Waals surface area contributed by atoms with E-state index in [0.717, 1.165) is 18.8 Å². The van der Waals surface area contributed by atoms with E-state index in [0.29, 0.717) is 0 Å². The Kier molecular flexibility index (Phi) is 3.62. The largest absolute Gasteiger partial charge is 0.377 e. The average molecular weight is 215 g/mol. The summed E-state index contributed by atoms with van der Waals surface area (Å²) in [5, 5.41) is 4.88. The molecular formula is C9H13NO3S. The first kappa shape index (κ1) is 11.2. The minimum atomic E-state index is -3.52. The smallest absolute Gasteiger partial charge is 0.238 e. The summed E-state index contributed by atoms with van der Waals surface area (Å²) in [4.78, 5) is 0.156. The molecular weight excluding hydrogens is 202 g/mol. The van der Waals surface area contributed by atoms with Crippen LogP contribution in [-0.2, 0) is 14.8 Å². The minimum Gasteiger partial charge on any atom is -0.377 e. The lowest BCUT2D eigenvalue weighted by atomic mass is 10.2. The Morgan fingerprint density at radius 1 is 1.21 bits per heavy atom. The normalized spacial score (nSPS) is 14.1. The van der Waals surface area contributed by atoms with E-state index in [9.17, 15) is 8.42 Å². The third-order valence-electron chi connectivity index (χ3n) is 1.55. The van der Waals surface area contributed by atoms with Crippen LogP contribution in [-0.4, -0.2) is 21.6 Å². The highest BCUT2D eigenvalue weighted by Crippen LogP contribution is 2.06. The van der Waals surface area contributed by atoms with Crippen molar-refractivity contribution in [2.75, 3.05) is 13.2 Å². The van der Waals surface area contributed by atoms with Crippen LogP contribution < -0.4 is 5.14 Å². The van der Waals surface area contributed by atoms with Gasteiger partial charge in [0.25, 0.3) is 0 Å². The maximum absolute atomic E-state index is 10.7. The summed E-state index contributed by atoms with van der Waals surface area (Å²) in [6.07, 6.45) is 0. The maximum atomic E-state index is 10.7. The molecule has 1 aliphatic heterocycles. The lowest BCUT2D eigenvalue weighted by molar-refractivity contribution is 0.475. The second-order valence-electron chi connectivity index (χ2n) is 2.97. The van der Waals surface area contributed by atoms with Crippen LogP contribution in [0, 0.1) is 6.92 Å². The molecule has 1 aromatic carbocycles. The van der Waals surface area contributed by atoms with Gasteiger partial charge in [0.1, 0.15) is 0 Å². The van der Waals surface area contributed by atoms with E-state index < -0.39 is 10.0 Å². The van der Waals surface area contributed by atoms with E-state index in [1.165, 1.54) is 12.1 Å². The van der Waals surface area contributed by atoms with Crippen molar-refractivity contribution in [2.45, 2.75) is 11.8 Å². The fourth-order valence-corrected chi connectivity index (χ4v) is 1.24. The van der Waals surface area contributed by atoms with Gasteiger partial charge in [-0.2, -0.15) is 0 Å². The fraction of sp³-hybridized carbons (Fsp3) is 0.333. The molecule has 78 valence electrons. The van der Waals surface area contributed by atoms with Gasteiger partial charge in [0, 0.05) is 0 Å². The standard InChI is InChI=1S/C7H9NO2S.C2H4O/c1-6-2-4-7(5-3-6)11(8,9)10;1-2-3-1/h2-5H,1H3,(H2,8,9,10);1-2H2. The Balaban J connectivity index is 0.000000276. The van der Waals surface area contributed by atoms with E-state index in [1.54, 1.807) is 12.1 Å². The van der Waals surface area contributed by atoms with Crippen molar-refractivity contribution in [3.63, 3.8) is 0 Å². The van der Waals surface area contributed by atoms with Gasteiger partial charge in [0.15, 0.2) is 0 Å². The Bertz CT molecular complexity index is 378. The Morgan fingerprint density at radius 2 is 1.64 bits per heavy atom. The summed E-state index contributed by atoms with van der Waals surface area (Å²) in [7, 11) is -3.52. The summed E-state index contributed by atoms with van der Waals surface area (Å²) in [5.41, 5.74) is 1.01. The molecule has 1 aliphatic rings. The van der Waals surface area contributed by atoms with Crippen molar-refractivity contribution in [2.24, 2.45) is 5.14 Å². The molecule has 0 aromatic heterocycles. The monoisotopic (exact) mass is 215 g/mol. The predicted molar refractivity (Wildman–Crippen MR) is 53.4 cm³/mol. The van der Waals surface area contributed by atoms with E-state index in [2.05, 4.69) is 4.74 Å². The van der Waals surface area contributed by atoms with E-state index >= 15 is 0 Å². The van der Waals surface area contributed by atoms with Gasteiger partial charge in [-0.05, 0) is 19.1 Å². The fourth-order valence-electron chi connectivity index (χ4n) is 0.728. The predicted octanol–water partition coefficient (Wildman–Crippen LogP) is 0.659. The number of epoxide rings is 1. The van der Waals surface area contributed by atoms with Gasteiger partial charge in [-0.1, -0.05) is 17.7 Å². The zero-order valence-corrected chi connectivity index (χ0v) is 8.75. The second kappa shape index (κ2) is 4.54. The third-order valence-corrected chi connectivity index (χ3v) is 2.48. The van der Waals surface area contributed by atoms with Crippen LogP contribution in [0.25, 0.3) is 0 Å². The summed E-state index contributed by atoms with van der Waals surface area (Å²) in [6, 6.07) is 6.40. The molecule has 0 aliphatic carbocycles. The van der Waals surface area contributed by atoms with Crippen LogP contribution in [0.5, 0.6) is 0 Å². The van der Waals surface area contributed by atoms with Crippen LogP contribution in [0.2, 0.25) is 0 Å². The number of benzene rings is 1. The molecule has 2 N–H and O–H groups in total. The molecule has 1 heterocycles. The van der Waals surface area contributed by atoms with Gasteiger partial charge in [-0.25, -0.2) is 13.6 Å². The molecule has 2 rings (SSSR count). The molecule has 0 saturated carbocycles. The van der Waals surface area contributed by atoms with Crippen molar-refractivity contribution >= 4 is 10.0 Å². The molecule has 0 radical (unpaired) electrons. The number of hydrogen-bond acceptors (Lipinski definition) is 3. The lowest BCUT2D eigenvalue weighted by Gasteiger charge is -1.96. The molecule has 1 saturated heterocycles. The zero-order valence-electron chi connectivity index (χ0n) is 7.93. The molecule has 0 spiro atoms. The molecule has 0 amide bonds.